The maximum absolute atomic E-state index is 12.1. The highest BCUT2D eigenvalue weighted by molar-refractivity contribution is 5.75. The average molecular weight is 336 g/mol. The van der Waals surface area contributed by atoms with Crippen molar-refractivity contribution in [1.82, 2.24) is 9.80 Å². The molecule has 1 aromatic rings. The number of amides is 1. The zero-order valence-corrected chi connectivity index (χ0v) is 14.7. The van der Waals surface area contributed by atoms with E-state index < -0.39 is 0 Å². The summed E-state index contributed by atoms with van der Waals surface area (Å²) in [5.74, 6) is 1.14. The van der Waals surface area contributed by atoms with E-state index in [0.717, 1.165) is 31.7 Å². The van der Waals surface area contributed by atoms with E-state index in [1.165, 1.54) is 0 Å². The first-order valence-electron chi connectivity index (χ1n) is 8.84. The highest BCUT2D eigenvalue weighted by Gasteiger charge is 2.44. The zero-order valence-electron chi connectivity index (χ0n) is 14.7. The normalized spacial score (nSPS) is 27.8. The molecule has 0 bridgehead atoms. The maximum Gasteiger partial charge on any atom is 0.222 e. The van der Waals surface area contributed by atoms with Gasteiger partial charge in [-0.05, 0) is 32.0 Å². The number of ether oxygens (including phenoxy) is 2. The van der Waals surface area contributed by atoms with Crippen LogP contribution < -0.4 is 0 Å². The number of rotatable bonds is 5. The van der Waals surface area contributed by atoms with Gasteiger partial charge in [0.15, 0.2) is 0 Å². The van der Waals surface area contributed by atoms with Gasteiger partial charge in [0.25, 0.3) is 0 Å². The van der Waals surface area contributed by atoms with Crippen molar-refractivity contribution in [2.45, 2.75) is 44.4 Å². The van der Waals surface area contributed by atoms with Crippen LogP contribution in [-0.2, 0) is 20.8 Å². The van der Waals surface area contributed by atoms with Crippen LogP contribution in [0.5, 0.6) is 0 Å². The first kappa shape index (κ1) is 17.5. The SMILES string of the molecule is CCC(=O)N1CCOC[C@]2(CC[C@H](CN(C)Cc3ccco3)O2)C1. The standard InChI is InChI=1S/C18H28N2O4/c1-3-17(21)20-8-10-22-14-18(13-20)7-6-16(24-18)12-19(2)11-15-5-4-9-23-15/h4-5,9,16H,3,6-8,10-14H2,1-2H3/t16-,18+/m1/s1. The molecule has 2 aliphatic heterocycles. The molecule has 2 atom stereocenters. The molecule has 0 aromatic carbocycles. The molecule has 3 rings (SSSR count). The molecule has 24 heavy (non-hydrogen) atoms. The third kappa shape index (κ3) is 4.18. The van der Waals surface area contributed by atoms with E-state index >= 15 is 0 Å². The molecule has 2 saturated heterocycles. The Morgan fingerprint density at radius 1 is 1.50 bits per heavy atom. The molecule has 2 fully saturated rings. The minimum absolute atomic E-state index is 0.172. The number of nitrogens with zero attached hydrogens (tertiary/aromatic N) is 2. The fraction of sp³-hybridized carbons (Fsp3) is 0.722. The van der Waals surface area contributed by atoms with Gasteiger partial charge in [-0.2, -0.15) is 0 Å². The summed E-state index contributed by atoms with van der Waals surface area (Å²) in [5.41, 5.74) is -0.336. The summed E-state index contributed by atoms with van der Waals surface area (Å²) in [5, 5.41) is 0. The van der Waals surface area contributed by atoms with Gasteiger partial charge >= 0.3 is 0 Å². The fourth-order valence-electron chi connectivity index (χ4n) is 3.67. The lowest BCUT2D eigenvalue weighted by Gasteiger charge is -2.32. The zero-order chi connectivity index (χ0) is 17.0. The monoisotopic (exact) mass is 336 g/mol. The lowest BCUT2D eigenvalue weighted by Crippen LogP contribution is -2.47. The molecule has 0 unspecified atom stereocenters. The van der Waals surface area contributed by atoms with Crippen LogP contribution in [0.3, 0.4) is 0 Å². The van der Waals surface area contributed by atoms with Crippen LogP contribution in [0.2, 0.25) is 0 Å². The summed E-state index contributed by atoms with van der Waals surface area (Å²) in [7, 11) is 2.08. The van der Waals surface area contributed by atoms with E-state index in [1.807, 2.05) is 24.0 Å². The minimum atomic E-state index is -0.336. The largest absolute Gasteiger partial charge is 0.468 e. The van der Waals surface area contributed by atoms with Crippen molar-refractivity contribution >= 4 is 5.91 Å². The Labute approximate surface area is 143 Å². The molecular formula is C18H28N2O4. The van der Waals surface area contributed by atoms with E-state index in [2.05, 4.69) is 11.9 Å². The Balaban J connectivity index is 1.55. The van der Waals surface area contributed by atoms with E-state index in [0.29, 0.717) is 32.7 Å². The Kier molecular flexibility index (Phi) is 5.58. The van der Waals surface area contributed by atoms with Gasteiger partial charge in [-0.1, -0.05) is 6.92 Å². The first-order chi connectivity index (χ1) is 11.6. The Morgan fingerprint density at radius 3 is 3.12 bits per heavy atom. The molecule has 0 aliphatic carbocycles. The molecule has 3 heterocycles. The summed E-state index contributed by atoms with van der Waals surface area (Å²) in [6, 6.07) is 3.90. The molecule has 6 nitrogen and oxygen atoms in total. The quantitative estimate of drug-likeness (QED) is 0.822. The number of hydrogen-bond donors (Lipinski definition) is 0. The number of carbonyl (C=O) groups excluding carboxylic acids is 1. The maximum atomic E-state index is 12.1. The Morgan fingerprint density at radius 2 is 2.38 bits per heavy atom. The van der Waals surface area contributed by atoms with Gasteiger partial charge in [0, 0.05) is 19.5 Å². The molecule has 0 N–H and O–H groups in total. The van der Waals surface area contributed by atoms with Crippen LogP contribution >= 0.6 is 0 Å². The third-order valence-corrected chi connectivity index (χ3v) is 4.86. The molecule has 2 aliphatic rings. The molecule has 1 spiro atoms. The summed E-state index contributed by atoms with van der Waals surface area (Å²) >= 11 is 0. The number of hydrogen-bond acceptors (Lipinski definition) is 5. The molecule has 1 aromatic heterocycles. The van der Waals surface area contributed by atoms with Crippen molar-refractivity contribution in [2.75, 3.05) is 39.9 Å². The topological polar surface area (TPSA) is 55.2 Å². The van der Waals surface area contributed by atoms with E-state index in [1.54, 1.807) is 6.26 Å². The summed E-state index contributed by atoms with van der Waals surface area (Å²) in [4.78, 5) is 16.2. The Hall–Kier alpha value is -1.37. The molecule has 134 valence electrons. The van der Waals surface area contributed by atoms with Gasteiger partial charge in [-0.15, -0.1) is 0 Å². The average Bonchev–Trinajstić information content (AvgIpc) is 3.14. The van der Waals surface area contributed by atoms with Crippen molar-refractivity contribution in [1.29, 1.82) is 0 Å². The highest BCUT2D eigenvalue weighted by Crippen LogP contribution is 2.33. The smallest absolute Gasteiger partial charge is 0.222 e. The van der Waals surface area contributed by atoms with Crippen molar-refractivity contribution in [2.24, 2.45) is 0 Å². The summed E-state index contributed by atoms with van der Waals surface area (Å²) < 4.78 is 17.5. The van der Waals surface area contributed by atoms with E-state index in [-0.39, 0.29) is 17.6 Å². The van der Waals surface area contributed by atoms with E-state index in [9.17, 15) is 4.79 Å². The molecule has 0 radical (unpaired) electrons. The second kappa shape index (κ2) is 7.68. The molecule has 6 heteroatoms. The molecule has 1 amide bonds. The van der Waals surface area contributed by atoms with Crippen molar-refractivity contribution in [3.63, 3.8) is 0 Å². The predicted octanol–water partition coefficient (Wildman–Crippen LogP) is 1.90. The number of likely N-dealkylation sites (N-methyl/N-ethyl adjacent to an activating group) is 1. The fourth-order valence-corrected chi connectivity index (χ4v) is 3.67. The van der Waals surface area contributed by atoms with Gasteiger partial charge in [-0.3, -0.25) is 9.69 Å². The second-order valence-electron chi connectivity index (χ2n) is 6.96. The van der Waals surface area contributed by atoms with Gasteiger partial charge in [-0.25, -0.2) is 0 Å². The summed E-state index contributed by atoms with van der Waals surface area (Å²) in [6.07, 6.45) is 4.35. The molecule has 0 saturated carbocycles. The van der Waals surface area contributed by atoms with Crippen LogP contribution in [0.15, 0.2) is 22.8 Å². The van der Waals surface area contributed by atoms with Crippen molar-refractivity contribution in [3.05, 3.63) is 24.2 Å². The van der Waals surface area contributed by atoms with Gasteiger partial charge in [0.1, 0.15) is 11.4 Å². The van der Waals surface area contributed by atoms with Crippen molar-refractivity contribution in [3.8, 4) is 0 Å². The third-order valence-electron chi connectivity index (χ3n) is 4.86. The first-order valence-corrected chi connectivity index (χ1v) is 8.84. The minimum Gasteiger partial charge on any atom is -0.468 e. The lowest BCUT2D eigenvalue weighted by atomic mass is 10.00. The van der Waals surface area contributed by atoms with Crippen molar-refractivity contribution < 1.29 is 18.7 Å². The Bertz CT molecular complexity index is 533. The van der Waals surface area contributed by atoms with Crippen LogP contribution in [0, 0.1) is 0 Å². The molecular weight excluding hydrogens is 308 g/mol. The van der Waals surface area contributed by atoms with Gasteiger partial charge in [0.05, 0.1) is 38.7 Å². The number of furan rings is 1. The highest BCUT2D eigenvalue weighted by atomic mass is 16.6. The van der Waals surface area contributed by atoms with Crippen LogP contribution in [0.25, 0.3) is 0 Å². The predicted molar refractivity (Wildman–Crippen MR) is 89.6 cm³/mol. The van der Waals surface area contributed by atoms with E-state index in [4.69, 9.17) is 13.9 Å². The number of carbonyl (C=O) groups is 1. The van der Waals surface area contributed by atoms with Crippen LogP contribution in [0.1, 0.15) is 31.9 Å². The van der Waals surface area contributed by atoms with Gasteiger partial charge < -0.3 is 18.8 Å². The summed E-state index contributed by atoms with van der Waals surface area (Å²) in [6.45, 7) is 6.03. The van der Waals surface area contributed by atoms with Crippen LogP contribution in [0.4, 0.5) is 0 Å². The van der Waals surface area contributed by atoms with Gasteiger partial charge in [0.2, 0.25) is 5.91 Å². The van der Waals surface area contributed by atoms with Crippen LogP contribution in [-0.4, -0.2) is 67.3 Å². The second-order valence-corrected chi connectivity index (χ2v) is 6.96. The lowest BCUT2D eigenvalue weighted by molar-refractivity contribution is -0.136.